The number of nitrogens with zero attached hydrogens (tertiary/aromatic N) is 1. The maximum absolute atomic E-state index is 11.1. The molecule has 1 aliphatic heterocycles. The highest BCUT2D eigenvalue weighted by Gasteiger charge is 2.31. The third kappa shape index (κ3) is 3.95. The molecule has 1 aliphatic carbocycles. The summed E-state index contributed by atoms with van der Waals surface area (Å²) in [7, 11) is 0. The van der Waals surface area contributed by atoms with Crippen molar-refractivity contribution in [3.63, 3.8) is 0 Å². The average molecular weight is 254 g/mol. The van der Waals surface area contributed by atoms with Gasteiger partial charge < -0.3 is 15.3 Å². The molecule has 1 heterocycles. The van der Waals surface area contributed by atoms with Crippen LogP contribution in [0.1, 0.15) is 39.5 Å². The fourth-order valence-electron chi connectivity index (χ4n) is 2.58. The van der Waals surface area contributed by atoms with Gasteiger partial charge in [0, 0.05) is 12.6 Å². The highest BCUT2D eigenvalue weighted by Crippen LogP contribution is 2.28. The van der Waals surface area contributed by atoms with E-state index in [-0.39, 0.29) is 0 Å². The van der Waals surface area contributed by atoms with E-state index in [1.54, 1.807) is 0 Å². The number of hydrogen-bond donors (Lipinski definition) is 2. The van der Waals surface area contributed by atoms with Gasteiger partial charge >= 0.3 is 5.97 Å². The molecule has 1 saturated heterocycles. The normalized spacial score (nSPS) is 23.2. The number of aliphatic carboxylic acids is 1. The van der Waals surface area contributed by atoms with Crippen molar-refractivity contribution in [2.45, 2.75) is 45.6 Å². The number of carboxylic acid groups (broad SMARTS) is 1. The van der Waals surface area contributed by atoms with E-state index in [4.69, 9.17) is 5.11 Å². The third-order valence-corrected chi connectivity index (χ3v) is 4.18. The van der Waals surface area contributed by atoms with Crippen molar-refractivity contribution in [2.24, 2.45) is 11.3 Å². The molecule has 4 nitrogen and oxygen atoms in total. The second kappa shape index (κ2) is 5.57. The Morgan fingerprint density at radius 2 is 1.89 bits per heavy atom. The first-order valence-electron chi connectivity index (χ1n) is 7.16. The molecule has 104 valence electrons. The highest BCUT2D eigenvalue weighted by atomic mass is 16.4. The van der Waals surface area contributed by atoms with Crippen LogP contribution in [0.4, 0.5) is 0 Å². The smallest absolute Gasteiger partial charge is 0.310 e. The van der Waals surface area contributed by atoms with E-state index in [1.165, 1.54) is 19.4 Å². The third-order valence-electron chi connectivity index (χ3n) is 4.18. The van der Waals surface area contributed by atoms with E-state index in [0.29, 0.717) is 12.6 Å². The van der Waals surface area contributed by atoms with Gasteiger partial charge in [-0.3, -0.25) is 4.79 Å². The average Bonchev–Trinajstić information content (AvgIpc) is 3.11. The Hall–Kier alpha value is -0.610. The minimum Gasteiger partial charge on any atom is -0.481 e. The molecule has 2 N–H and O–H groups in total. The highest BCUT2D eigenvalue weighted by molar-refractivity contribution is 5.73. The topological polar surface area (TPSA) is 52.6 Å². The first-order chi connectivity index (χ1) is 8.47. The summed E-state index contributed by atoms with van der Waals surface area (Å²) in [6.07, 6.45) is 5.11. The van der Waals surface area contributed by atoms with Crippen LogP contribution in [0.3, 0.4) is 0 Å². The Kier molecular flexibility index (Phi) is 4.28. The molecule has 0 atom stereocenters. The lowest BCUT2D eigenvalue weighted by molar-refractivity contribution is -0.148. The number of hydrogen-bond acceptors (Lipinski definition) is 3. The standard InChI is InChI=1S/C14H26N2O2/c1-14(2,13(17)18)10-16-7-5-12(6-8-16)15-9-11-3-4-11/h11-12,15H,3-10H2,1-2H3,(H,17,18). The minimum absolute atomic E-state index is 0.631. The van der Waals surface area contributed by atoms with Crippen LogP contribution in [0, 0.1) is 11.3 Å². The van der Waals surface area contributed by atoms with Crippen LogP contribution in [0.15, 0.2) is 0 Å². The lowest BCUT2D eigenvalue weighted by Crippen LogP contribution is -2.47. The molecule has 0 amide bonds. The fraction of sp³-hybridized carbons (Fsp3) is 0.929. The number of carbonyl (C=O) groups is 1. The number of nitrogens with one attached hydrogen (secondary N) is 1. The quantitative estimate of drug-likeness (QED) is 0.755. The number of likely N-dealkylation sites (tertiary alicyclic amines) is 1. The van der Waals surface area contributed by atoms with E-state index in [2.05, 4.69) is 10.2 Å². The lowest BCUT2D eigenvalue weighted by atomic mass is 9.91. The number of carboxylic acids is 1. The largest absolute Gasteiger partial charge is 0.481 e. The van der Waals surface area contributed by atoms with Gasteiger partial charge in [-0.1, -0.05) is 0 Å². The fourth-order valence-corrected chi connectivity index (χ4v) is 2.58. The number of rotatable bonds is 6. The van der Waals surface area contributed by atoms with Crippen LogP contribution in [-0.2, 0) is 4.79 Å². The molecule has 0 aromatic heterocycles. The maximum Gasteiger partial charge on any atom is 0.310 e. The van der Waals surface area contributed by atoms with Crippen molar-refractivity contribution in [1.29, 1.82) is 0 Å². The van der Waals surface area contributed by atoms with Gasteiger partial charge in [-0.25, -0.2) is 0 Å². The van der Waals surface area contributed by atoms with E-state index in [1.807, 2.05) is 13.8 Å². The van der Waals surface area contributed by atoms with Gasteiger partial charge in [-0.15, -0.1) is 0 Å². The van der Waals surface area contributed by atoms with Gasteiger partial charge in [0.2, 0.25) is 0 Å². The van der Waals surface area contributed by atoms with Crippen LogP contribution in [-0.4, -0.2) is 48.2 Å². The SMILES string of the molecule is CC(C)(CN1CCC(NCC2CC2)CC1)C(=O)O. The minimum atomic E-state index is -0.698. The Labute approximate surface area is 110 Å². The summed E-state index contributed by atoms with van der Waals surface area (Å²) in [4.78, 5) is 13.4. The Balaban J connectivity index is 1.67. The molecule has 0 aromatic rings. The van der Waals surface area contributed by atoms with E-state index >= 15 is 0 Å². The monoisotopic (exact) mass is 254 g/mol. The molecular formula is C14H26N2O2. The zero-order chi connectivity index (χ0) is 13.2. The molecule has 18 heavy (non-hydrogen) atoms. The number of piperidine rings is 1. The summed E-state index contributed by atoms with van der Waals surface area (Å²) in [5, 5.41) is 12.8. The first-order valence-corrected chi connectivity index (χ1v) is 7.16. The van der Waals surface area contributed by atoms with E-state index in [9.17, 15) is 4.79 Å². The summed E-state index contributed by atoms with van der Waals surface area (Å²) in [5.74, 6) is 0.241. The molecule has 0 aromatic carbocycles. The van der Waals surface area contributed by atoms with Gasteiger partial charge in [-0.05, 0) is 65.1 Å². The van der Waals surface area contributed by atoms with E-state index < -0.39 is 11.4 Å². The molecule has 4 heteroatoms. The predicted molar refractivity (Wildman–Crippen MR) is 71.6 cm³/mol. The lowest BCUT2D eigenvalue weighted by Gasteiger charge is -2.36. The summed E-state index contributed by atoms with van der Waals surface area (Å²) < 4.78 is 0. The van der Waals surface area contributed by atoms with Gasteiger partial charge in [0.05, 0.1) is 5.41 Å². The molecule has 0 bridgehead atoms. The van der Waals surface area contributed by atoms with Gasteiger partial charge in [-0.2, -0.15) is 0 Å². The van der Waals surface area contributed by atoms with Crippen LogP contribution in [0.25, 0.3) is 0 Å². The summed E-state index contributed by atoms with van der Waals surface area (Å²) in [6.45, 7) is 7.53. The molecule has 2 aliphatic rings. The van der Waals surface area contributed by atoms with Crippen molar-refractivity contribution < 1.29 is 9.90 Å². The maximum atomic E-state index is 11.1. The molecule has 0 spiro atoms. The van der Waals surface area contributed by atoms with Crippen LogP contribution < -0.4 is 5.32 Å². The zero-order valence-corrected chi connectivity index (χ0v) is 11.6. The Bertz CT molecular complexity index is 292. The van der Waals surface area contributed by atoms with E-state index in [0.717, 1.165) is 31.8 Å². The van der Waals surface area contributed by atoms with Crippen LogP contribution in [0.2, 0.25) is 0 Å². The van der Waals surface area contributed by atoms with Crippen LogP contribution >= 0.6 is 0 Å². The van der Waals surface area contributed by atoms with Crippen molar-refractivity contribution >= 4 is 5.97 Å². The Morgan fingerprint density at radius 3 is 2.39 bits per heavy atom. The molecule has 1 saturated carbocycles. The zero-order valence-electron chi connectivity index (χ0n) is 11.6. The van der Waals surface area contributed by atoms with Crippen molar-refractivity contribution in [1.82, 2.24) is 10.2 Å². The first kappa shape index (κ1) is 13.8. The van der Waals surface area contributed by atoms with Crippen molar-refractivity contribution in [3.8, 4) is 0 Å². The summed E-state index contributed by atoms with van der Waals surface area (Å²) in [5.41, 5.74) is -0.631. The molecule has 0 unspecified atom stereocenters. The molecule has 0 radical (unpaired) electrons. The van der Waals surface area contributed by atoms with Gasteiger partial charge in [0.1, 0.15) is 0 Å². The van der Waals surface area contributed by atoms with Crippen LogP contribution in [0.5, 0.6) is 0 Å². The van der Waals surface area contributed by atoms with Crippen molar-refractivity contribution in [3.05, 3.63) is 0 Å². The molecule has 2 fully saturated rings. The Morgan fingerprint density at radius 1 is 1.28 bits per heavy atom. The second-order valence-electron chi connectivity index (χ2n) is 6.59. The van der Waals surface area contributed by atoms with Crippen molar-refractivity contribution in [2.75, 3.05) is 26.2 Å². The second-order valence-corrected chi connectivity index (χ2v) is 6.59. The van der Waals surface area contributed by atoms with Gasteiger partial charge in [0.15, 0.2) is 0 Å². The predicted octanol–water partition coefficient (Wildman–Crippen LogP) is 1.56. The summed E-state index contributed by atoms with van der Waals surface area (Å²) >= 11 is 0. The summed E-state index contributed by atoms with van der Waals surface area (Å²) in [6, 6.07) is 0.648. The van der Waals surface area contributed by atoms with Gasteiger partial charge in [0.25, 0.3) is 0 Å². The molecular weight excluding hydrogens is 228 g/mol. The molecule has 2 rings (SSSR count).